The number of anilines is 1. The minimum atomic E-state index is -3.41. The van der Waals surface area contributed by atoms with Crippen LogP contribution in [0.1, 0.15) is 35.3 Å². The van der Waals surface area contributed by atoms with Crippen molar-refractivity contribution in [3.63, 3.8) is 0 Å². The van der Waals surface area contributed by atoms with Gasteiger partial charge in [-0.3, -0.25) is 9.52 Å². The number of ether oxygens (including phenoxy) is 2. The molecule has 1 atom stereocenters. The van der Waals surface area contributed by atoms with Gasteiger partial charge in [-0.1, -0.05) is 19.1 Å². The highest BCUT2D eigenvalue weighted by Gasteiger charge is 2.17. The van der Waals surface area contributed by atoms with Crippen molar-refractivity contribution in [2.75, 3.05) is 25.2 Å². The Morgan fingerprint density at radius 1 is 1.07 bits per heavy atom. The van der Waals surface area contributed by atoms with E-state index in [2.05, 4.69) is 10.0 Å². The Balaban J connectivity index is 2.21. The lowest BCUT2D eigenvalue weighted by Gasteiger charge is -2.19. The molecule has 146 valence electrons. The highest BCUT2D eigenvalue weighted by atomic mass is 32.2. The standard InChI is InChI=1S/C19H24N2O5S/c1-5-16(13-9-10-17(25-2)18(12-13)26-3)20-19(22)14-7-6-8-15(11-14)21-27(4,23)24/h6-12,16,21H,5H2,1-4H3,(H,20,22)/t16-/m0/s1. The molecule has 8 heteroatoms. The third-order valence-electron chi connectivity index (χ3n) is 3.95. The molecule has 0 fully saturated rings. The zero-order chi connectivity index (χ0) is 20.0. The van der Waals surface area contributed by atoms with Crippen LogP contribution in [0.3, 0.4) is 0 Å². The summed E-state index contributed by atoms with van der Waals surface area (Å²) in [7, 11) is -0.292. The average molecular weight is 392 g/mol. The van der Waals surface area contributed by atoms with Crippen LogP contribution in [0.25, 0.3) is 0 Å². The number of rotatable bonds is 8. The molecule has 7 nitrogen and oxygen atoms in total. The van der Waals surface area contributed by atoms with E-state index in [1.807, 2.05) is 19.1 Å². The molecular weight excluding hydrogens is 368 g/mol. The Morgan fingerprint density at radius 2 is 1.78 bits per heavy atom. The molecule has 0 saturated heterocycles. The molecule has 0 bridgehead atoms. The van der Waals surface area contributed by atoms with Gasteiger partial charge in [0.1, 0.15) is 0 Å². The maximum absolute atomic E-state index is 12.6. The summed E-state index contributed by atoms with van der Waals surface area (Å²) in [6.07, 6.45) is 1.73. The number of sulfonamides is 1. The molecule has 0 aromatic heterocycles. The Kier molecular flexibility index (Phi) is 6.68. The van der Waals surface area contributed by atoms with E-state index in [0.29, 0.717) is 29.2 Å². The summed E-state index contributed by atoms with van der Waals surface area (Å²) < 4.78 is 35.7. The van der Waals surface area contributed by atoms with Crippen molar-refractivity contribution in [2.24, 2.45) is 0 Å². The summed E-state index contributed by atoms with van der Waals surface area (Å²) in [5.74, 6) is 0.901. The van der Waals surface area contributed by atoms with Crippen molar-refractivity contribution in [1.29, 1.82) is 0 Å². The number of hydrogen-bond donors (Lipinski definition) is 2. The predicted molar refractivity (Wildman–Crippen MR) is 105 cm³/mol. The molecule has 2 aromatic rings. The smallest absolute Gasteiger partial charge is 0.251 e. The van der Waals surface area contributed by atoms with E-state index in [9.17, 15) is 13.2 Å². The Morgan fingerprint density at radius 3 is 2.37 bits per heavy atom. The van der Waals surface area contributed by atoms with Gasteiger partial charge < -0.3 is 14.8 Å². The number of amides is 1. The second-order valence-electron chi connectivity index (χ2n) is 6.00. The van der Waals surface area contributed by atoms with Crippen molar-refractivity contribution < 1.29 is 22.7 Å². The van der Waals surface area contributed by atoms with Crippen LogP contribution < -0.4 is 19.5 Å². The van der Waals surface area contributed by atoms with Crippen LogP contribution >= 0.6 is 0 Å². The van der Waals surface area contributed by atoms with E-state index in [1.54, 1.807) is 38.5 Å². The predicted octanol–water partition coefficient (Wildman–Crippen LogP) is 2.96. The number of benzene rings is 2. The Bertz CT molecular complexity index is 912. The van der Waals surface area contributed by atoms with Gasteiger partial charge in [-0.25, -0.2) is 8.42 Å². The molecule has 2 aromatic carbocycles. The van der Waals surface area contributed by atoms with Crippen LogP contribution in [0.4, 0.5) is 5.69 Å². The second kappa shape index (κ2) is 8.77. The minimum absolute atomic E-state index is 0.233. The van der Waals surface area contributed by atoms with Crippen LogP contribution in [0, 0.1) is 0 Å². The summed E-state index contributed by atoms with van der Waals surface area (Å²) in [4.78, 5) is 12.6. The maximum Gasteiger partial charge on any atom is 0.251 e. The van der Waals surface area contributed by atoms with E-state index in [0.717, 1.165) is 11.8 Å². The van der Waals surface area contributed by atoms with E-state index in [4.69, 9.17) is 9.47 Å². The van der Waals surface area contributed by atoms with Gasteiger partial charge in [0, 0.05) is 11.3 Å². The first kappa shape index (κ1) is 20.6. The first-order chi connectivity index (χ1) is 12.8. The van der Waals surface area contributed by atoms with Crippen molar-refractivity contribution in [3.8, 4) is 11.5 Å². The number of methoxy groups -OCH3 is 2. The normalized spacial score (nSPS) is 12.1. The average Bonchev–Trinajstić information content (AvgIpc) is 2.64. The third kappa shape index (κ3) is 5.62. The van der Waals surface area contributed by atoms with Gasteiger partial charge in [-0.15, -0.1) is 0 Å². The molecule has 2 rings (SSSR count). The fraction of sp³-hybridized carbons (Fsp3) is 0.316. The SMILES string of the molecule is CC[C@H](NC(=O)c1cccc(NS(C)(=O)=O)c1)c1ccc(OC)c(OC)c1. The van der Waals surface area contributed by atoms with Crippen LogP contribution in [-0.4, -0.2) is 34.8 Å². The van der Waals surface area contributed by atoms with E-state index in [-0.39, 0.29) is 11.9 Å². The lowest BCUT2D eigenvalue weighted by Crippen LogP contribution is -2.28. The highest BCUT2D eigenvalue weighted by Crippen LogP contribution is 2.31. The topological polar surface area (TPSA) is 93.7 Å². The fourth-order valence-corrected chi connectivity index (χ4v) is 3.23. The Labute approximate surface area is 159 Å². The monoisotopic (exact) mass is 392 g/mol. The Hall–Kier alpha value is -2.74. The van der Waals surface area contributed by atoms with Gasteiger partial charge in [-0.2, -0.15) is 0 Å². The molecule has 2 N–H and O–H groups in total. The molecule has 0 aliphatic heterocycles. The largest absolute Gasteiger partial charge is 0.493 e. The van der Waals surface area contributed by atoms with Crippen LogP contribution in [0.2, 0.25) is 0 Å². The third-order valence-corrected chi connectivity index (χ3v) is 4.56. The number of hydrogen-bond acceptors (Lipinski definition) is 5. The van der Waals surface area contributed by atoms with Crippen LogP contribution in [0.5, 0.6) is 11.5 Å². The molecule has 0 heterocycles. The van der Waals surface area contributed by atoms with Gasteiger partial charge in [-0.05, 0) is 42.3 Å². The maximum atomic E-state index is 12.6. The summed E-state index contributed by atoms with van der Waals surface area (Å²) in [6, 6.07) is 11.6. The molecule has 0 unspecified atom stereocenters. The fourth-order valence-electron chi connectivity index (χ4n) is 2.67. The van der Waals surface area contributed by atoms with E-state index >= 15 is 0 Å². The molecule has 0 saturated carbocycles. The summed E-state index contributed by atoms with van der Waals surface area (Å²) in [5, 5.41) is 2.97. The zero-order valence-electron chi connectivity index (χ0n) is 15.8. The first-order valence-corrected chi connectivity index (χ1v) is 10.3. The van der Waals surface area contributed by atoms with E-state index < -0.39 is 10.0 Å². The zero-order valence-corrected chi connectivity index (χ0v) is 16.6. The summed E-state index contributed by atoms with van der Waals surface area (Å²) in [6.45, 7) is 1.96. The molecule has 0 spiro atoms. The van der Waals surface area contributed by atoms with Gasteiger partial charge in [0.15, 0.2) is 11.5 Å². The second-order valence-corrected chi connectivity index (χ2v) is 7.75. The number of carbonyl (C=O) groups is 1. The van der Waals surface area contributed by atoms with Crippen molar-refractivity contribution in [1.82, 2.24) is 5.32 Å². The van der Waals surface area contributed by atoms with Gasteiger partial charge >= 0.3 is 0 Å². The number of nitrogens with one attached hydrogen (secondary N) is 2. The highest BCUT2D eigenvalue weighted by molar-refractivity contribution is 7.92. The molecule has 1 amide bonds. The number of carbonyl (C=O) groups excluding carboxylic acids is 1. The molecule has 0 aliphatic rings. The molecule has 0 radical (unpaired) electrons. The van der Waals surface area contributed by atoms with Gasteiger partial charge in [0.2, 0.25) is 10.0 Å². The molecular formula is C19H24N2O5S. The first-order valence-electron chi connectivity index (χ1n) is 8.38. The lowest BCUT2D eigenvalue weighted by molar-refractivity contribution is 0.0935. The minimum Gasteiger partial charge on any atom is -0.493 e. The summed E-state index contributed by atoms with van der Waals surface area (Å²) >= 11 is 0. The van der Waals surface area contributed by atoms with Crippen molar-refractivity contribution in [3.05, 3.63) is 53.6 Å². The van der Waals surface area contributed by atoms with Crippen LogP contribution in [-0.2, 0) is 10.0 Å². The quantitative estimate of drug-likeness (QED) is 0.720. The van der Waals surface area contributed by atoms with Gasteiger partial charge in [0.05, 0.1) is 26.5 Å². The van der Waals surface area contributed by atoms with Crippen molar-refractivity contribution >= 4 is 21.6 Å². The molecule has 0 aliphatic carbocycles. The van der Waals surface area contributed by atoms with Crippen LogP contribution in [0.15, 0.2) is 42.5 Å². The summed E-state index contributed by atoms with van der Waals surface area (Å²) in [5.41, 5.74) is 1.58. The molecule has 27 heavy (non-hydrogen) atoms. The lowest BCUT2D eigenvalue weighted by atomic mass is 10.0. The van der Waals surface area contributed by atoms with E-state index in [1.165, 1.54) is 6.07 Å². The van der Waals surface area contributed by atoms with Gasteiger partial charge in [0.25, 0.3) is 5.91 Å². The van der Waals surface area contributed by atoms with Crippen molar-refractivity contribution in [2.45, 2.75) is 19.4 Å².